The average molecular weight is 544 g/mol. The Morgan fingerprint density at radius 2 is 1.29 bits per heavy atom. The number of hydrogen-bond acceptors (Lipinski definition) is 7. The number of ether oxygens (including phenoxy) is 1. The molecule has 0 saturated carbocycles. The van der Waals surface area contributed by atoms with Gasteiger partial charge in [0.1, 0.15) is 11.4 Å². The summed E-state index contributed by atoms with van der Waals surface area (Å²) in [6.45, 7) is 1.81. The van der Waals surface area contributed by atoms with Crippen LogP contribution in [0.4, 0.5) is 11.4 Å². The molecule has 0 aliphatic carbocycles. The van der Waals surface area contributed by atoms with E-state index in [9.17, 15) is 9.59 Å². The van der Waals surface area contributed by atoms with Crippen LogP contribution in [0.2, 0.25) is 0 Å². The molecule has 3 aromatic carbocycles. The van der Waals surface area contributed by atoms with E-state index in [1.54, 1.807) is 59.9 Å². The lowest BCUT2D eigenvalue weighted by atomic mass is 10.1. The van der Waals surface area contributed by atoms with Crippen molar-refractivity contribution in [1.29, 1.82) is 0 Å². The molecule has 1 unspecified atom stereocenters. The number of fused-ring (bicyclic) bond motifs is 1. The summed E-state index contributed by atoms with van der Waals surface area (Å²) < 4.78 is 17.0. The van der Waals surface area contributed by atoms with E-state index in [1.165, 1.54) is 0 Å². The van der Waals surface area contributed by atoms with Gasteiger partial charge >= 0.3 is 5.97 Å². The first-order chi connectivity index (χ1) is 20.1. The zero-order valence-corrected chi connectivity index (χ0v) is 22.1. The molecule has 3 heterocycles. The SMILES string of the molecule is CCC(OC(=O)c1ccc2nc(-c3ccco3)c(-c3ccco3)nc2c1)C(=O)N(c1ccccc1)c1ccccc1. The molecule has 3 aromatic heterocycles. The maximum Gasteiger partial charge on any atom is 0.338 e. The highest BCUT2D eigenvalue weighted by molar-refractivity contribution is 6.04. The fourth-order valence-corrected chi connectivity index (χ4v) is 4.56. The van der Waals surface area contributed by atoms with Gasteiger partial charge in [0.2, 0.25) is 0 Å². The van der Waals surface area contributed by atoms with Gasteiger partial charge in [-0.05, 0) is 73.2 Å². The van der Waals surface area contributed by atoms with Gasteiger partial charge in [-0.3, -0.25) is 9.69 Å². The standard InChI is InChI=1S/C33H25N3O5/c1-2-27(32(37)36(23-11-5-3-6-12-23)24-13-7-4-8-14-24)41-33(38)22-17-18-25-26(21-22)35-31(29-16-10-20-40-29)30(34-25)28-15-9-19-39-28/h3-21,27H,2H2,1H3. The van der Waals surface area contributed by atoms with Crippen molar-refractivity contribution in [3.8, 4) is 22.9 Å². The second-order valence-corrected chi connectivity index (χ2v) is 9.23. The second kappa shape index (κ2) is 11.3. The van der Waals surface area contributed by atoms with Crippen LogP contribution < -0.4 is 4.90 Å². The maximum atomic E-state index is 13.8. The van der Waals surface area contributed by atoms with E-state index < -0.39 is 12.1 Å². The molecule has 8 nitrogen and oxygen atoms in total. The molecule has 0 radical (unpaired) electrons. The van der Waals surface area contributed by atoms with Crippen LogP contribution in [0.1, 0.15) is 23.7 Å². The Morgan fingerprint density at radius 1 is 0.732 bits per heavy atom. The minimum Gasteiger partial charge on any atom is -0.463 e. The summed E-state index contributed by atoms with van der Waals surface area (Å²) in [7, 11) is 0. The first-order valence-corrected chi connectivity index (χ1v) is 13.2. The monoisotopic (exact) mass is 543 g/mol. The van der Waals surface area contributed by atoms with Gasteiger partial charge in [0.25, 0.3) is 5.91 Å². The van der Waals surface area contributed by atoms with Gasteiger partial charge in [0.05, 0.1) is 29.1 Å². The first-order valence-electron chi connectivity index (χ1n) is 13.2. The quantitative estimate of drug-likeness (QED) is 0.184. The molecule has 6 aromatic rings. The summed E-state index contributed by atoms with van der Waals surface area (Å²) in [5, 5.41) is 0. The fraction of sp³-hybridized carbons (Fsp3) is 0.0909. The Balaban J connectivity index is 1.31. The largest absolute Gasteiger partial charge is 0.463 e. The summed E-state index contributed by atoms with van der Waals surface area (Å²) >= 11 is 0. The third-order valence-corrected chi connectivity index (χ3v) is 6.55. The Bertz CT molecular complexity index is 1740. The number of aromatic nitrogens is 2. The van der Waals surface area contributed by atoms with Crippen LogP contribution in [0, 0.1) is 0 Å². The Labute approximate surface area is 235 Å². The van der Waals surface area contributed by atoms with E-state index in [4.69, 9.17) is 23.5 Å². The van der Waals surface area contributed by atoms with Crippen LogP contribution in [0.3, 0.4) is 0 Å². The normalized spacial score (nSPS) is 11.7. The van der Waals surface area contributed by atoms with Crippen molar-refractivity contribution < 1.29 is 23.2 Å². The lowest BCUT2D eigenvalue weighted by molar-refractivity contribution is -0.126. The lowest BCUT2D eigenvalue weighted by Gasteiger charge is -2.27. The summed E-state index contributed by atoms with van der Waals surface area (Å²) in [5.74, 6) is 0.0731. The van der Waals surface area contributed by atoms with Crippen LogP contribution in [-0.2, 0) is 9.53 Å². The summed E-state index contributed by atoms with van der Waals surface area (Å²) in [5.41, 5.74) is 3.63. The van der Waals surface area contributed by atoms with Crippen molar-refractivity contribution in [1.82, 2.24) is 9.97 Å². The topological polar surface area (TPSA) is 98.7 Å². The third kappa shape index (κ3) is 5.23. The van der Waals surface area contributed by atoms with Crippen LogP contribution in [0.25, 0.3) is 33.9 Å². The minimum atomic E-state index is -1.01. The Morgan fingerprint density at radius 3 is 1.80 bits per heavy atom. The average Bonchev–Trinajstić information content (AvgIpc) is 3.75. The van der Waals surface area contributed by atoms with Gasteiger partial charge in [0.15, 0.2) is 17.6 Å². The molecule has 0 N–H and O–H groups in total. The summed E-state index contributed by atoms with van der Waals surface area (Å²) in [6.07, 6.45) is 2.40. The molecule has 1 atom stereocenters. The molecule has 0 saturated heterocycles. The number of esters is 1. The van der Waals surface area contributed by atoms with E-state index in [0.717, 1.165) is 0 Å². The van der Waals surface area contributed by atoms with Crippen molar-refractivity contribution in [2.45, 2.75) is 19.4 Å². The molecule has 0 spiro atoms. The maximum absolute atomic E-state index is 13.8. The van der Waals surface area contributed by atoms with Crippen molar-refractivity contribution >= 4 is 34.3 Å². The van der Waals surface area contributed by atoms with Gasteiger partial charge in [-0.15, -0.1) is 0 Å². The lowest BCUT2D eigenvalue weighted by Crippen LogP contribution is -2.38. The highest BCUT2D eigenvalue weighted by Gasteiger charge is 2.29. The number of hydrogen-bond donors (Lipinski definition) is 0. The first kappa shape index (κ1) is 25.8. The predicted molar refractivity (Wildman–Crippen MR) is 154 cm³/mol. The molecular formula is C33H25N3O5. The molecule has 0 aliphatic heterocycles. The van der Waals surface area contributed by atoms with Gasteiger partial charge in [-0.1, -0.05) is 43.3 Å². The number of amides is 1. The number of benzene rings is 3. The van der Waals surface area contributed by atoms with Crippen LogP contribution in [0.15, 0.2) is 124 Å². The molecule has 8 heteroatoms. The molecule has 0 bridgehead atoms. The summed E-state index contributed by atoms with van der Waals surface area (Å²) in [6, 6.07) is 30.6. The molecule has 6 rings (SSSR count). The molecular weight excluding hydrogens is 518 g/mol. The van der Waals surface area contributed by atoms with E-state index in [2.05, 4.69) is 0 Å². The van der Waals surface area contributed by atoms with Crippen LogP contribution in [-0.4, -0.2) is 27.9 Å². The third-order valence-electron chi connectivity index (χ3n) is 6.55. The molecule has 202 valence electrons. The molecule has 0 aliphatic rings. The van der Waals surface area contributed by atoms with E-state index >= 15 is 0 Å². The minimum absolute atomic E-state index is 0.250. The van der Waals surface area contributed by atoms with Crippen LogP contribution >= 0.6 is 0 Å². The number of anilines is 2. The smallest absolute Gasteiger partial charge is 0.338 e. The van der Waals surface area contributed by atoms with Gasteiger partial charge in [-0.25, -0.2) is 14.8 Å². The number of carbonyl (C=O) groups excluding carboxylic acids is 2. The Kier molecular flexibility index (Phi) is 7.11. The highest BCUT2D eigenvalue weighted by Crippen LogP contribution is 2.32. The van der Waals surface area contributed by atoms with Gasteiger partial charge in [0, 0.05) is 11.4 Å². The fourth-order valence-electron chi connectivity index (χ4n) is 4.56. The zero-order chi connectivity index (χ0) is 28.2. The van der Waals surface area contributed by atoms with Gasteiger partial charge < -0.3 is 13.6 Å². The number of carbonyl (C=O) groups is 2. The second-order valence-electron chi connectivity index (χ2n) is 9.23. The van der Waals surface area contributed by atoms with E-state index in [1.807, 2.05) is 67.6 Å². The van der Waals surface area contributed by atoms with Crippen molar-refractivity contribution in [3.05, 3.63) is 121 Å². The molecule has 0 fully saturated rings. The van der Waals surface area contributed by atoms with Crippen LogP contribution in [0.5, 0.6) is 0 Å². The summed E-state index contributed by atoms with van der Waals surface area (Å²) in [4.78, 5) is 38.2. The number of rotatable bonds is 8. The molecule has 1 amide bonds. The zero-order valence-electron chi connectivity index (χ0n) is 22.1. The number of para-hydroxylation sites is 2. The van der Waals surface area contributed by atoms with E-state index in [0.29, 0.717) is 51.7 Å². The molecule has 41 heavy (non-hydrogen) atoms. The van der Waals surface area contributed by atoms with E-state index in [-0.39, 0.29) is 11.5 Å². The number of nitrogens with zero attached hydrogens (tertiary/aromatic N) is 3. The predicted octanol–water partition coefficient (Wildman–Crippen LogP) is 7.45. The Hall–Kier alpha value is -5.50. The van der Waals surface area contributed by atoms with Crippen molar-refractivity contribution in [2.24, 2.45) is 0 Å². The van der Waals surface area contributed by atoms with Crippen molar-refractivity contribution in [2.75, 3.05) is 4.90 Å². The van der Waals surface area contributed by atoms with Gasteiger partial charge in [-0.2, -0.15) is 0 Å². The highest BCUT2D eigenvalue weighted by atomic mass is 16.5. The van der Waals surface area contributed by atoms with Crippen molar-refractivity contribution in [3.63, 3.8) is 0 Å². The number of furan rings is 2.